The third-order valence-corrected chi connectivity index (χ3v) is 23.8. The molecule has 12 rings (SSSR count). The average molecular weight is 1350 g/mol. The molecule has 0 bridgehead atoms. The molecule has 1 aromatic carbocycles. The monoisotopic (exact) mass is 1350 g/mol. The first-order valence-corrected chi connectivity index (χ1v) is 39.4. The third-order valence-electron chi connectivity index (χ3n) is 23.8. The Morgan fingerprint density at radius 3 is 1.37 bits per heavy atom. The minimum Gasteiger partial charge on any atom is -0.444 e. The van der Waals surface area contributed by atoms with Gasteiger partial charge in [-0.15, -0.1) is 0 Å². The first-order chi connectivity index (χ1) is 45.2. The van der Waals surface area contributed by atoms with Gasteiger partial charge in [-0.2, -0.15) is 5.10 Å². The lowest BCUT2D eigenvalue weighted by atomic mass is 9.64. The summed E-state index contributed by atoms with van der Waals surface area (Å²) < 4.78 is 19.9. The minimum atomic E-state index is -0.388. The molecule has 7 heterocycles. The largest absolute Gasteiger partial charge is 0.444 e. The number of rotatable bonds is 10. The van der Waals surface area contributed by atoms with Crippen LogP contribution < -0.4 is 0 Å². The highest BCUT2D eigenvalue weighted by molar-refractivity contribution is 5.80. The van der Waals surface area contributed by atoms with Gasteiger partial charge in [0.25, 0.3) is 0 Å². The van der Waals surface area contributed by atoms with Crippen molar-refractivity contribution in [1.29, 1.82) is 0 Å². The van der Waals surface area contributed by atoms with Crippen LogP contribution in [0.5, 0.6) is 0 Å². The van der Waals surface area contributed by atoms with Crippen LogP contribution in [-0.4, -0.2) is 85.8 Å². The first-order valence-electron chi connectivity index (χ1n) is 39.4. The Balaban J connectivity index is 0.000000283. The van der Waals surface area contributed by atoms with Crippen LogP contribution in [0, 0.1) is 70.0 Å². The number of aryl methyl sites for hydroxylation is 1. The average Bonchev–Trinajstić information content (AvgIpc) is 1.61. The van der Waals surface area contributed by atoms with E-state index in [1.807, 2.05) is 74.1 Å². The van der Waals surface area contributed by atoms with Crippen molar-refractivity contribution in [3.05, 3.63) is 89.7 Å². The molecule has 0 N–H and O–H groups in total. The fourth-order valence-corrected chi connectivity index (χ4v) is 13.3. The molecule has 0 spiro atoms. The summed E-state index contributed by atoms with van der Waals surface area (Å²) in [5.74, 6) is 8.62. The SMILES string of the molecule is CC(C)C1(C)CCC1.CC(C)C1(C)CCC1.CC(C)C1(C)CCCCC1.CC(C)C1(C)CN(C(=O)OC(C)(C)C)C1.CC(C)C1CCC1.CC(C)C1CCO1.CC(C)N1CCCC1.CC(C)c1cnn2ccccc12.CC(C)c1onc2ccccc12.Cc1ccc(C(C)C)n1C. The zero-order valence-corrected chi connectivity index (χ0v) is 68.7. The number of pyridine rings is 1. The van der Waals surface area contributed by atoms with E-state index in [9.17, 15) is 4.79 Å². The highest BCUT2D eigenvalue weighted by Crippen LogP contribution is 2.47. The smallest absolute Gasteiger partial charge is 0.410 e. The molecule has 556 valence electrons. The number of amides is 1. The topological polar surface area (TPSA) is 90.3 Å². The van der Waals surface area contributed by atoms with Crippen LogP contribution in [0.4, 0.5) is 4.79 Å². The summed E-state index contributed by atoms with van der Waals surface area (Å²) in [6, 6.07) is 19.2. The number of fused-ring (bicyclic) bond motifs is 2. The van der Waals surface area contributed by atoms with Crippen molar-refractivity contribution in [2.45, 2.75) is 339 Å². The second-order valence-electron chi connectivity index (χ2n) is 35.7. The van der Waals surface area contributed by atoms with Gasteiger partial charge in [0, 0.05) is 72.7 Å². The number of nitrogens with zero attached hydrogens (tertiary/aromatic N) is 6. The fraction of sp³-hybridized carbons (Fsp3) is 0.782. The van der Waals surface area contributed by atoms with E-state index in [1.54, 1.807) is 4.90 Å². The summed E-state index contributed by atoms with van der Waals surface area (Å²) in [4.78, 5) is 16.0. The molecular weight excluding hydrogens is 1190 g/mol. The van der Waals surface area contributed by atoms with Crippen molar-refractivity contribution in [2.75, 3.05) is 32.8 Å². The van der Waals surface area contributed by atoms with Gasteiger partial charge in [0.05, 0.1) is 17.8 Å². The van der Waals surface area contributed by atoms with Crippen molar-refractivity contribution in [3.63, 3.8) is 0 Å². The van der Waals surface area contributed by atoms with E-state index >= 15 is 0 Å². The molecule has 1 amide bonds. The van der Waals surface area contributed by atoms with Crippen LogP contribution >= 0.6 is 0 Å². The molecule has 4 aromatic heterocycles. The van der Waals surface area contributed by atoms with Gasteiger partial charge in [-0.05, 0) is 218 Å². The lowest BCUT2D eigenvalue weighted by Gasteiger charge is -2.50. The molecule has 7 fully saturated rings. The summed E-state index contributed by atoms with van der Waals surface area (Å²) >= 11 is 0. The fourth-order valence-electron chi connectivity index (χ4n) is 13.3. The maximum atomic E-state index is 11.7. The Morgan fingerprint density at radius 2 is 1.06 bits per heavy atom. The van der Waals surface area contributed by atoms with Crippen molar-refractivity contribution in [3.8, 4) is 0 Å². The Morgan fingerprint density at radius 1 is 0.567 bits per heavy atom. The Labute approximate surface area is 598 Å². The molecule has 10 nitrogen and oxygen atoms in total. The van der Waals surface area contributed by atoms with Gasteiger partial charge in [0.1, 0.15) is 16.9 Å². The van der Waals surface area contributed by atoms with Gasteiger partial charge in [0.2, 0.25) is 0 Å². The van der Waals surface area contributed by atoms with Crippen LogP contribution in [0.25, 0.3) is 16.4 Å². The lowest BCUT2D eigenvalue weighted by molar-refractivity contribution is -0.0763. The lowest BCUT2D eigenvalue weighted by Crippen LogP contribution is -2.60. The normalized spacial score (nSPS) is 19.5. The number of hydrogen-bond donors (Lipinski definition) is 0. The third kappa shape index (κ3) is 28.7. The Kier molecular flexibility index (Phi) is 36.9. The zero-order chi connectivity index (χ0) is 73.2. The number of carbonyl (C=O) groups is 1. The minimum absolute atomic E-state index is 0.180. The second-order valence-corrected chi connectivity index (χ2v) is 35.7. The summed E-state index contributed by atoms with van der Waals surface area (Å²) in [7, 11) is 2.12. The van der Waals surface area contributed by atoms with Crippen LogP contribution in [0.3, 0.4) is 0 Å². The van der Waals surface area contributed by atoms with Gasteiger partial charge >= 0.3 is 6.09 Å². The van der Waals surface area contributed by atoms with E-state index in [1.165, 1.54) is 145 Å². The van der Waals surface area contributed by atoms with Gasteiger partial charge in [-0.25, -0.2) is 9.31 Å². The van der Waals surface area contributed by atoms with E-state index in [0.717, 1.165) is 88.7 Å². The summed E-state index contributed by atoms with van der Waals surface area (Å²) in [6.45, 7) is 67.6. The predicted octanol–water partition coefficient (Wildman–Crippen LogP) is 25.4. The zero-order valence-electron chi connectivity index (χ0n) is 68.7. The maximum Gasteiger partial charge on any atom is 0.410 e. The quantitative estimate of drug-likeness (QED) is 0.138. The molecule has 1 atom stereocenters. The molecular formula is C87H154N6O4. The van der Waals surface area contributed by atoms with E-state index in [0.29, 0.717) is 35.2 Å². The number of hydrogen-bond acceptors (Lipinski definition) is 7. The summed E-state index contributed by atoms with van der Waals surface area (Å²) in [5, 5.41) is 9.35. The first kappa shape index (κ1) is 87.1. The molecule has 97 heavy (non-hydrogen) atoms. The highest BCUT2D eigenvalue weighted by Gasteiger charge is 2.45. The predicted molar refractivity (Wildman–Crippen MR) is 419 cm³/mol. The summed E-state index contributed by atoms with van der Waals surface area (Å²) in [6.07, 6.45) is 29.0. The van der Waals surface area contributed by atoms with Crippen LogP contribution in [-0.2, 0) is 16.5 Å². The maximum absolute atomic E-state index is 11.7. The number of benzene rings is 1. The molecule has 3 saturated heterocycles. The standard InChI is InChI=1S/C12H23NO2.C10H12N2.C10H11NO.C10H20.C9H15N.2C8H16.C7H15N.C7H14.C6H12O/c1-9(2)12(6)7-13(8-12)10(14)15-11(3,4)5;1-8(2)9-7-11-12-6-4-3-5-10(9)12;1-7(2)10-8-5-3-4-6-9(8)11-12-10;1-9(2)10(3)7-5-4-6-8-10;1-7(2)9-6-5-8(3)10(9)4;2*1-7(2)8(3)5-4-6-8;1-7(2)8-5-3-4-6-8;1-6(2)7-4-3-5-7;1-5(2)6-3-4-7-6/h9H,7-8H2,1-6H3;3-8H,1-2H3;3-7H,1-2H3;9H,4-8H2,1-3H3;5-7H,1-4H3;2*7H,4-6H2,1-3H3;7H,3-6H2,1-2H3;6-7H,3-5H2,1-2H3;5-6H,3-4H2,1-2H3. The van der Waals surface area contributed by atoms with Crippen LogP contribution in [0.15, 0.2) is 71.5 Å². The van der Waals surface area contributed by atoms with Crippen LogP contribution in [0.2, 0.25) is 0 Å². The van der Waals surface area contributed by atoms with Gasteiger partial charge in [0.15, 0.2) is 0 Å². The van der Waals surface area contributed by atoms with E-state index < -0.39 is 0 Å². The molecule has 10 heteroatoms. The Hall–Kier alpha value is -4.15. The van der Waals surface area contributed by atoms with Crippen molar-refractivity contribution < 1.29 is 18.8 Å². The van der Waals surface area contributed by atoms with Gasteiger partial charge < -0.3 is 28.4 Å². The second kappa shape index (κ2) is 41.1. The van der Waals surface area contributed by atoms with E-state index in [2.05, 4.69) is 218 Å². The van der Waals surface area contributed by atoms with Crippen LogP contribution in [0.1, 0.15) is 337 Å². The van der Waals surface area contributed by atoms with E-state index in [4.69, 9.17) is 14.0 Å². The number of aromatic nitrogens is 4. The van der Waals surface area contributed by atoms with Crippen molar-refractivity contribution in [1.82, 2.24) is 29.1 Å². The van der Waals surface area contributed by atoms with Crippen molar-refractivity contribution >= 4 is 22.5 Å². The molecule has 4 saturated carbocycles. The highest BCUT2D eigenvalue weighted by atomic mass is 16.6. The molecule has 3 aliphatic heterocycles. The summed E-state index contributed by atoms with van der Waals surface area (Å²) in [5.41, 5.74) is 8.24. The molecule has 5 aromatic rings. The number of ether oxygens (including phenoxy) is 2. The number of likely N-dealkylation sites (tertiary alicyclic amines) is 2. The molecule has 1 unspecified atom stereocenters. The van der Waals surface area contributed by atoms with Gasteiger partial charge in [-0.3, -0.25) is 0 Å². The van der Waals surface area contributed by atoms with Gasteiger partial charge in [-0.1, -0.05) is 227 Å². The Bertz CT molecular complexity index is 2770. The molecule has 4 aliphatic carbocycles. The molecule has 0 radical (unpaired) electrons. The molecule has 7 aliphatic rings. The number of carbonyl (C=O) groups excluding carboxylic acids is 1. The van der Waals surface area contributed by atoms with E-state index in [-0.39, 0.29) is 17.1 Å². The van der Waals surface area contributed by atoms with Crippen molar-refractivity contribution in [2.24, 2.45) is 70.1 Å².